The molecule has 0 aliphatic heterocycles. The quantitative estimate of drug-likeness (QED) is 0.208. The van der Waals surface area contributed by atoms with Crippen LogP contribution in [0.4, 0.5) is 5.82 Å². The number of nitrogens with zero attached hydrogens (tertiary/aromatic N) is 4. The van der Waals surface area contributed by atoms with Gasteiger partial charge in [-0.3, -0.25) is 9.89 Å². The highest BCUT2D eigenvalue weighted by molar-refractivity contribution is 14.0. The maximum Gasteiger partial charge on any atom is 0.191 e. The van der Waals surface area contributed by atoms with Gasteiger partial charge >= 0.3 is 0 Å². The Kier molecular flexibility index (Phi) is 14.3. The minimum Gasteiger partial charge on any atom is -0.357 e. The second-order valence-corrected chi connectivity index (χ2v) is 7.33. The third-order valence-corrected chi connectivity index (χ3v) is 4.79. The highest BCUT2D eigenvalue weighted by Gasteiger charge is 2.12. The number of rotatable bonds is 11. The van der Waals surface area contributed by atoms with Gasteiger partial charge in [-0.1, -0.05) is 6.07 Å². The molecule has 1 aromatic heterocycles. The molecule has 0 radical (unpaired) electrons. The standard InChI is InChI=1S/C21H40N6.HI/c1-8-26(9-2)20-12-11-19(15-24-20)16-25-21(22-7)23-13-10-14-27(17(3)4)18(5)6;/h11-12,15,17-18H,8-10,13-14,16H2,1-7H3,(H2,22,23,25);1H. The fourth-order valence-electron chi connectivity index (χ4n) is 3.24. The van der Waals surface area contributed by atoms with Crippen LogP contribution in [0.25, 0.3) is 0 Å². The van der Waals surface area contributed by atoms with E-state index in [9.17, 15) is 0 Å². The Labute approximate surface area is 189 Å². The zero-order valence-electron chi connectivity index (χ0n) is 18.8. The van der Waals surface area contributed by atoms with Crippen molar-refractivity contribution < 1.29 is 0 Å². The topological polar surface area (TPSA) is 55.8 Å². The van der Waals surface area contributed by atoms with Crippen LogP contribution >= 0.6 is 24.0 Å². The monoisotopic (exact) mass is 504 g/mol. The van der Waals surface area contributed by atoms with Crippen LogP contribution in [-0.4, -0.2) is 61.2 Å². The first-order valence-electron chi connectivity index (χ1n) is 10.3. The summed E-state index contributed by atoms with van der Waals surface area (Å²) < 4.78 is 0. The first-order valence-corrected chi connectivity index (χ1v) is 10.3. The van der Waals surface area contributed by atoms with Crippen molar-refractivity contribution in [2.45, 2.75) is 66.6 Å². The zero-order valence-corrected chi connectivity index (χ0v) is 21.2. The average Bonchev–Trinajstić information content (AvgIpc) is 2.65. The molecule has 0 spiro atoms. The Balaban J connectivity index is 0.00000729. The second-order valence-electron chi connectivity index (χ2n) is 7.33. The summed E-state index contributed by atoms with van der Waals surface area (Å²) in [5.74, 6) is 1.87. The van der Waals surface area contributed by atoms with Crippen LogP contribution in [0.2, 0.25) is 0 Å². The number of anilines is 1. The summed E-state index contributed by atoms with van der Waals surface area (Å²) in [7, 11) is 1.81. The van der Waals surface area contributed by atoms with E-state index < -0.39 is 0 Å². The Morgan fingerprint density at radius 1 is 1.07 bits per heavy atom. The van der Waals surface area contributed by atoms with Gasteiger partial charge in [-0.15, -0.1) is 24.0 Å². The molecule has 0 aromatic carbocycles. The van der Waals surface area contributed by atoms with Crippen LogP contribution in [0.5, 0.6) is 0 Å². The number of guanidine groups is 1. The molecule has 0 amide bonds. The van der Waals surface area contributed by atoms with Crippen molar-refractivity contribution in [3.05, 3.63) is 23.9 Å². The number of aromatic nitrogens is 1. The van der Waals surface area contributed by atoms with E-state index in [1.165, 1.54) is 0 Å². The Morgan fingerprint density at radius 3 is 2.18 bits per heavy atom. The molecule has 7 heteroatoms. The number of halogens is 1. The molecule has 6 nitrogen and oxygen atoms in total. The van der Waals surface area contributed by atoms with Crippen LogP contribution in [0.3, 0.4) is 0 Å². The minimum atomic E-state index is 0. The van der Waals surface area contributed by atoms with Crippen LogP contribution in [0.1, 0.15) is 53.5 Å². The smallest absolute Gasteiger partial charge is 0.191 e. The summed E-state index contributed by atoms with van der Waals surface area (Å²) in [5.41, 5.74) is 1.15. The molecule has 0 aliphatic rings. The van der Waals surface area contributed by atoms with Gasteiger partial charge in [0.2, 0.25) is 0 Å². The molecule has 1 aromatic rings. The molecule has 0 unspecified atom stereocenters. The average molecular weight is 505 g/mol. The summed E-state index contributed by atoms with van der Waals surface area (Å²) in [5, 5.41) is 6.77. The molecule has 28 heavy (non-hydrogen) atoms. The van der Waals surface area contributed by atoms with Gasteiger partial charge in [0.05, 0.1) is 0 Å². The molecule has 0 saturated heterocycles. The van der Waals surface area contributed by atoms with Crippen molar-refractivity contribution in [3.63, 3.8) is 0 Å². The lowest BCUT2D eigenvalue weighted by Gasteiger charge is -2.30. The molecule has 0 aliphatic carbocycles. The summed E-state index contributed by atoms with van der Waals surface area (Å²) in [6.45, 7) is 18.0. The molecule has 0 bridgehead atoms. The lowest BCUT2D eigenvalue weighted by atomic mass is 10.2. The molecule has 1 rings (SSSR count). The highest BCUT2D eigenvalue weighted by Crippen LogP contribution is 2.10. The summed E-state index contributed by atoms with van der Waals surface area (Å²) in [6.07, 6.45) is 3.04. The first-order chi connectivity index (χ1) is 12.9. The van der Waals surface area contributed by atoms with Gasteiger partial charge in [-0.2, -0.15) is 0 Å². The Bertz CT molecular complexity index is 532. The third kappa shape index (κ3) is 9.41. The molecular weight excluding hydrogens is 463 g/mol. The van der Waals surface area contributed by atoms with E-state index in [2.05, 4.69) is 84.1 Å². The highest BCUT2D eigenvalue weighted by atomic mass is 127. The minimum absolute atomic E-state index is 0. The fraction of sp³-hybridized carbons (Fsp3) is 0.714. The van der Waals surface area contributed by atoms with Gasteiger partial charge < -0.3 is 15.5 Å². The van der Waals surface area contributed by atoms with E-state index in [4.69, 9.17) is 0 Å². The van der Waals surface area contributed by atoms with Gasteiger partial charge in [0.1, 0.15) is 5.82 Å². The summed E-state index contributed by atoms with van der Waals surface area (Å²) in [4.78, 5) is 13.6. The molecule has 0 saturated carbocycles. The summed E-state index contributed by atoms with van der Waals surface area (Å²) in [6, 6.07) is 5.37. The van der Waals surface area contributed by atoms with E-state index in [0.717, 1.165) is 56.5 Å². The number of pyridine rings is 1. The third-order valence-electron chi connectivity index (χ3n) is 4.79. The van der Waals surface area contributed by atoms with E-state index in [-0.39, 0.29) is 24.0 Å². The van der Waals surface area contributed by atoms with Gasteiger partial charge in [-0.05, 0) is 59.6 Å². The molecule has 1 heterocycles. The van der Waals surface area contributed by atoms with Gasteiger partial charge in [0, 0.05) is 58.1 Å². The lowest BCUT2D eigenvalue weighted by Crippen LogP contribution is -2.41. The Hall–Kier alpha value is -1.09. The van der Waals surface area contributed by atoms with Crippen molar-refractivity contribution in [3.8, 4) is 0 Å². The van der Waals surface area contributed by atoms with Crippen LogP contribution in [0.15, 0.2) is 23.3 Å². The van der Waals surface area contributed by atoms with Crippen molar-refractivity contribution in [1.82, 2.24) is 20.5 Å². The SMILES string of the molecule is CCN(CC)c1ccc(CNC(=NC)NCCCN(C(C)C)C(C)C)cn1.I. The van der Waals surface area contributed by atoms with E-state index in [1.54, 1.807) is 0 Å². The van der Waals surface area contributed by atoms with Crippen LogP contribution in [0, 0.1) is 0 Å². The number of hydrogen-bond acceptors (Lipinski definition) is 4. The molecule has 0 atom stereocenters. The second kappa shape index (κ2) is 14.8. The van der Waals surface area contributed by atoms with E-state index in [0.29, 0.717) is 12.1 Å². The first kappa shape index (κ1) is 26.9. The summed E-state index contributed by atoms with van der Waals surface area (Å²) >= 11 is 0. The molecular formula is C21H41IN6. The molecule has 162 valence electrons. The van der Waals surface area contributed by atoms with E-state index >= 15 is 0 Å². The number of hydrogen-bond donors (Lipinski definition) is 2. The largest absolute Gasteiger partial charge is 0.357 e. The Morgan fingerprint density at radius 2 is 1.71 bits per heavy atom. The normalized spacial score (nSPS) is 11.7. The van der Waals surface area contributed by atoms with Crippen molar-refractivity contribution in [1.29, 1.82) is 0 Å². The van der Waals surface area contributed by atoms with E-state index in [1.807, 2.05) is 13.2 Å². The number of aliphatic imine (C=N–C) groups is 1. The van der Waals surface area contributed by atoms with Crippen LogP contribution in [-0.2, 0) is 6.54 Å². The fourth-order valence-corrected chi connectivity index (χ4v) is 3.24. The van der Waals surface area contributed by atoms with Gasteiger partial charge in [-0.25, -0.2) is 4.98 Å². The van der Waals surface area contributed by atoms with Crippen molar-refractivity contribution >= 4 is 35.8 Å². The van der Waals surface area contributed by atoms with Crippen molar-refractivity contribution in [2.24, 2.45) is 4.99 Å². The van der Waals surface area contributed by atoms with Gasteiger partial charge in [0.15, 0.2) is 5.96 Å². The van der Waals surface area contributed by atoms with Gasteiger partial charge in [0.25, 0.3) is 0 Å². The predicted octanol–water partition coefficient (Wildman–Crippen LogP) is 3.72. The predicted molar refractivity (Wildman–Crippen MR) is 133 cm³/mol. The number of nitrogens with one attached hydrogen (secondary N) is 2. The lowest BCUT2D eigenvalue weighted by molar-refractivity contribution is 0.173. The molecule has 2 N–H and O–H groups in total. The van der Waals surface area contributed by atoms with Crippen LogP contribution < -0.4 is 15.5 Å². The maximum absolute atomic E-state index is 4.57. The molecule has 0 fully saturated rings. The maximum atomic E-state index is 4.57. The van der Waals surface area contributed by atoms with Crippen molar-refractivity contribution in [2.75, 3.05) is 38.1 Å². The zero-order chi connectivity index (χ0) is 20.2.